The van der Waals surface area contributed by atoms with Crippen LogP contribution < -0.4 is 0 Å². The average molecular weight is 268 g/mol. The quantitative estimate of drug-likeness (QED) is 0.498. The topological polar surface area (TPSA) is 129 Å². The fraction of sp³-hybridized carbons (Fsp3) is 0.143. The Labute approximate surface area is 91.6 Å². The molecule has 0 aliphatic heterocycles. The molecule has 0 saturated heterocycles. The third-order valence-corrected chi connectivity index (χ3v) is 3.67. The van der Waals surface area contributed by atoms with Gasteiger partial charge in [-0.2, -0.15) is 8.42 Å². The Hall–Kier alpha value is -1.32. The molecule has 7 nitrogen and oxygen atoms in total. The van der Waals surface area contributed by atoms with E-state index in [0.717, 1.165) is 6.26 Å². The molecule has 3 N–H and O–H groups in total. The van der Waals surface area contributed by atoms with Crippen molar-refractivity contribution in [2.45, 2.75) is 9.79 Å². The van der Waals surface area contributed by atoms with Crippen LogP contribution in [0.4, 0.5) is 0 Å². The molecule has 0 radical (unpaired) electrons. The molecule has 0 saturated carbocycles. The van der Waals surface area contributed by atoms with Crippen LogP contribution in [0.3, 0.4) is 0 Å². The lowest BCUT2D eigenvalue weighted by Gasteiger charge is -2.06. The molecule has 90 valence electrons. The van der Waals surface area contributed by atoms with Gasteiger partial charge in [-0.15, -0.1) is 0 Å². The molecule has 0 spiro atoms. The van der Waals surface area contributed by atoms with Crippen LogP contribution in [-0.4, -0.2) is 37.9 Å². The predicted octanol–water partition coefficient (Wildman–Crippen LogP) is -0.252. The van der Waals surface area contributed by atoms with Gasteiger partial charge in [0, 0.05) is 12.3 Å². The van der Waals surface area contributed by atoms with Gasteiger partial charge < -0.3 is 10.2 Å². The number of sulfone groups is 1. The third-order valence-electron chi connectivity index (χ3n) is 1.73. The summed E-state index contributed by atoms with van der Waals surface area (Å²) in [6.07, 6.45) is 0.718. The Morgan fingerprint density at radius 3 is 1.94 bits per heavy atom. The molecule has 0 bridgehead atoms. The van der Waals surface area contributed by atoms with Crippen molar-refractivity contribution in [1.29, 1.82) is 0 Å². The molecule has 16 heavy (non-hydrogen) atoms. The first-order valence-electron chi connectivity index (χ1n) is 3.77. The average Bonchev–Trinajstić information content (AvgIpc) is 2.05. The second-order valence-corrected chi connectivity index (χ2v) is 6.44. The monoisotopic (exact) mass is 268 g/mol. The van der Waals surface area contributed by atoms with E-state index in [1.54, 1.807) is 0 Å². The smallest absolute Gasteiger partial charge is 0.294 e. The molecule has 0 atom stereocenters. The van der Waals surface area contributed by atoms with E-state index < -0.39 is 41.2 Å². The van der Waals surface area contributed by atoms with Gasteiger partial charge in [-0.3, -0.25) is 4.55 Å². The molecule has 0 amide bonds. The maximum Gasteiger partial charge on any atom is 0.294 e. The Morgan fingerprint density at radius 2 is 1.56 bits per heavy atom. The second kappa shape index (κ2) is 3.61. The Morgan fingerprint density at radius 1 is 1.06 bits per heavy atom. The van der Waals surface area contributed by atoms with E-state index in [9.17, 15) is 21.9 Å². The summed E-state index contributed by atoms with van der Waals surface area (Å²) in [6.45, 7) is 0. The van der Waals surface area contributed by atoms with Gasteiger partial charge in [0.2, 0.25) is 0 Å². The zero-order valence-corrected chi connectivity index (χ0v) is 9.58. The van der Waals surface area contributed by atoms with E-state index in [4.69, 9.17) is 9.66 Å². The third kappa shape index (κ3) is 2.43. The van der Waals surface area contributed by atoms with E-state index in [1.807, 2.05) is 0 Å². The molecule has 0 fully saturated rings. The second-order valence-electron chi connectivity index (χ2n) is 3.04. The van der Waals surface area contributed by atoms with Crippen molar-refractivity contribution in [3.05, 3.63) is 12.1 Å². The molecule has 1 aromatic rings. The van der Waals surface area contributed by atoms with Gasteiger partial charge in [0.1, 0.15) is 4.90 Å². The molecule has 1 aromatic carbocycles. The summed E-state index contributed by atoms with van der Waals surface area (Å²) in [5, 5.41) is 18.3. The highest BCUT2D eigenvalue weighted by Crippen LogP contribution is 2.34. The molecular formula is C7H8O7S2. The number of aromatic hydroxyl groups is 2. The normalized spacial score (nSPS) is 12.6. The summed E-state index contributed by atoms with van der Waals surface area (Å²) in [5.74, 6) is -1.91. The number of hydrogen-bond donors (Lipinski definition) is 3. The highest BCUT2D eigenvalue weighted by atomic mass is 32.2. The molecular weight excluding hydrogens is 260 g/mol. The summed E-state index contributed by atoms with van der Waals surface area (Å²) in [4.78, 5) is -1.59. The Kier molecular flexibility index (Phi) is 2.88. The number of benzene rings is 1. The Bertz CT molecular complexity index is 627. The summed E-state index contributed by atoms with van der Waals surface area (Å²) in [6, 6.07) is 1.10. The fourth-order valence-corrected chi connectivity index (χ4v) is 2.40. The minimum absolute atomic E-state index is 0.541. The number of phenols is 2. The van der Waals surface area contributed by atoms with Gasteiger partial charge in [0.25, 0.3) is 10.1 Å². The molecule has 0 unspecified atom stereocenters. The highest BCUT2D eigenvalue weighted by Gasteiger charge is 2.22. The number of phenolic OH excluding ortho intramolecular Hbond substituents is 2. The SMILES string of the molecule is CS(=O)(=O)c1cc(S(=O)(=O)O)cc(O)c1O. The van der Waals surface area contributed by atoms with Crippen molar-refractivity contribution in [1.82, 2.24) is 0 Å². The molecule has 1 rings (SSSR count). The number of rotatable bonds is 2. The van der Waals surface area contributed by atoms with Gasteiger partial charge in [0.15, 0.2) is 21.3 Å². The van der Waals surface area contributed by atoms with Crippen molar-refractivity contribution in [3.8, 4) is 11.5 Å². The van der Waals surface area contributed by atoms with Crippen molar-refractivity contribution in [2.24, 2.45) is 0 Å². The lowest BCUT2D eigenvalue weighted by molar-refractivity contribution is 0.390. The van der Waals surface area contributed by atoms with Crippen LogP contribution in [0.2, 0.25) is 0 Å². The first kappa shape index (κ1) is 12.7. The van der Waals surface area contributed by atoms with Crippen molar-refractivity contribution in [3.63, 3.8) is 0 Å². The lowest BCUT2D eigenvalue weighted by atomic mass is 10.3. The van der Waals surface area contributed by atoms with Crippen LogP contribution in [0, 0.1) is 0 Å². The van der Waals surface area contributed by atoms with Gasteiger partial charge in [0.05, 0.1) is 4.90 Å². The maximum atomic E-state index is 11.1. The first-order valence-corrected chi connectivity index (χ1v) is 7.10. The summed E-state index contributed by atoms with van der Waals surface area (Å²) >= 11 is 0. The first-order chi connectivity index (χ1) is 7.03. The Balaban J connectivity index is 3.72. The van der Waals surface area contributed by atoms with Crippen molar-refractivity contribution in [2.75, 3.05) is 6.26 Å². The summed E-state index contributed by atoms with van der Waals surface area (Å²) in [7, 11) is -8.58. The van der Waals surface area contributed by atoms with Crippen LogP contribution in [-0.2, 0) is 20.0 Å². The van der Waals surface area contributed by atoms with E-state index in [1.165, 1.54) is 0 Å². The van der Waals surface area contributed by atoms with Crippen LogP contribution >= 0.6 is 0 Å². The molecule has 0 heterocycles. The van der Waals surface area contributed by atoms with Crippen molar-refractivity contribution >= 4 is 20.0 Å². The summed E-state index contributed by atoms with van der Waals surface area (Å²) in [5.41, 5.74) is 0. The van der Waals surface area contributed by atoms with E-state index in [0.29, 0.717) is 12.1 Å². The predicted molar refractivity (Wildman–Crippen MR) is 52.7 cm³/mol. The van der Waals surface area contributed by atoms with Crippen molar-refractivity contribution < 1.29 is 31.6 Å². The fourth-order valence-electron chi connectivity index (χ4n) is 1.00. The standard InChI is InChI=1S/C7H8O7S2/c1-15(10,11)6-3-4(16(12,13)14)2-5(8)7(6)9/h2-3,8-9H,1H3,(H,12,13,14). The van der Waals surface area contributed by atoms with E-state index >= 15 is 0 Å². The van der Waals surface area contributed by atoms with Gasteiger partial charge in [-0.1, -0.05) is 0 Å². The highest BCUT2D eigenvalue weighted by molar-refractivity contribution is 7.91. The minimum Gasteiger partial charge on any atom is -0.504 e. The van der Waals surface area contributed by atoms with Crippen LogP contribution in [0.1, 0.15) is 0 Å². The molecule has 0 aliphatic rings. The van der Waals surface area contributed by atoms with Gasteiger partial charge >= 0.3 is 0 Å². The maximum absolute atomic E-state index is 11.1. The zero-order valence-electron chi connectivity index (χ0n) is 7.95. The van der Waals surface area contributed by atoms with Crippen LogP contribution in [0.15, 0.2) is 21.9 Å². The van der Waals surface area contributed by atoms with Crippen LogP contribution in [0.25, 0.3) is 0 Å². The summed E-state index contributed by atoms with van der Waals surface area (Å²) < 4.78 is 52.4. The van der Waals surface area contributed by atoms with Gasteiger partial charge in [-0.25, -0.2) is 8.42 Å². The van der Waals surface area contributed by atoms with E-state index in [2.05, 4.69) is 0 Å². The molecule has 0 aliphatic carbocycles. The molecule has 9 heteroatoms. The lowest BCUT2D eigenvalue weighted by Crippen LogP contribution is -2.03. The number of hydrogen-bond acceptors (Lipinski definition) is 6. The minimum atomic E-state index is -4.66. The van der Waals surface area contributed by atoms with Crippen LogP contribution in [0.5, 0.6) is 11.5 Å². The van der Waals surface area contributed by atoms with E-state index in [-0.39, 0.29) is 0 Å². The largest absolute Gasteiger partial charge is 0.504 e. The van der Waals surface area contributed by atoms with Gasteiger partial charge in [-0.05, 0) is 6.07 Å². The zero-order chi connectivity index (χ0) is 12.7. The molecule has 0 aromatic heterocycles.